The summed E-state index contributed by atoms with van der Waals surface area (Å²) in [4.78, 5) is 14.4. The number of rotatable bonds is 4. The Balaban J connectivity index is 1.39. The lowest BCUT2D eigenvalue weighted by Crippen LogP contribution is -2.69. The molecule has 0 aromatic heterocycles. The number of hydrogen-bond donors (Lipinski definition) is 8. The molecule has 11 heteroatoms. The van der Waals surface area contributed by atoms with Crippen molar-refractivity contribution in [2.75, 3.05) is 13.2 Å². The molecule has 11 nitrogen and oxygen atoms in total. The third-order valence-corrected chi connectivity index (χ3v) is 15.4. The lowest BCUT2D eigenvalue weighted by Gasteiger charge is -2.71. The van der Waals surface area contributed by atoms with Crippen molar-refractivity contribution >= 4 is 5.97 Å². The molecule has 16 atom stereocenters. The fourth-order valence-corrected chi connectivity index (χ4v) is 12.1. The Bertz CT molecular complexity index is 1270. The van der Waals surface area contributed by atoms with E-state index in [4.69, 9.17) is 9.47 Å². The first-order chi connectivity index (χ1) is 21.8. The smallest absolute Gasteiger partial charge is 0.315 e. The van der Waals surface area contributed by atoms with E-state index < -0.39 is 89.2 Å². The van der Waals surface area contributed by atoms with Crippen LogP contribution in [0.25, 0.3) is 0 Å². The molecule has 47 heavy (non-hydrogen) atoms. The van der Waals surface area contributed by atoms with E-state index in [1.165, 1.54) is 0 Å². The van der Waals surface area contributed by atoms with Gasteiger partial charge in [0.1, 0.15) is 24.4 Å². The lowest BCUT2D eigenvalue weighted by atomic mass is 9.33. The summed E-state index contributed by atoms with van der Waals surface area (Å²) >= 11 is 0. The molecule has 1 aliphatic heterocycles. The Kier molecular flexibility index (Phi) is 8.68. The molecule has 0 radical (unpaired) electrons. The van der Waals surface area contributed by atoms with Gasteiger partial charge in [0.15, 0.2) is 0 Å². The maximum absolute atomic E-state index is 14.4. The lowest BCUT2D eigenvalue weighted by molar-refractivity contribution is -0.298. The van der Waals surface area contributed by atoms with E-state index in [-0.39, 0.29) is 29.3 Å². The third-order valence-electron chi connectivity index (χ3n) is 15.4. The van der Waals surface area contributed by atoms with Gasteiger partial charge in [0, 0.05) is 11.3 Å². The van der Waals surface area contributed by atoms with Gasteiger partial charge in [-0.25, -0.2) is 0 Å². The zero-order valence-corrected chi connectivity index (χ0v) is 28.8. The number of esters is 1. The summed E-state index contributed by atoms with van der Waals surface area (Å²) in [6.45, 7) is 11.9. The minimum absolute atomic E-state index is 0.00502. The van der Waals surface area contributed by atoms with Gasteiger partial charge in [0.05, 0.1) is 36.9 Å². The average molecular weight is 667 g/mol. The van der Waals surface area contributed by atoms with Crippen LogP contribution in [0.2, 0.25) is 0 Å². The average Bonchev–Trinajstić information content (AvgIpc) is 3.02. The molecular weight excluding hydrogens is 608 g/mol. The predicted molar refractivity (Wildman–Crippen MR) is 169 cm³/mol. The molecule has 268 valence electrons. The minimum atomic E-state index is -1.72. The molecule has 0 spiro atoms. The van der Waals surface area contributed by atoms with Crippen LogP contribution in [0.15, 0.2) is 11.6 Å². The standard InChI is InChI=1S/C36H58O11/c1-31(2)11-13-36(30(45)47-29-26(42)25(41)24(40)20(16-37)46-29)14-12-34(5)18(23(36)28(31)44)7-8-22-32(3)15-19(39)27(43)33(4,17-38)21(32)9-10-35(22,34)6/h7,19-29,37-44H,8-17H2,1-6H3/t19-,20-,21+,22-,23+,24-,25+,26-,27+,28+,29+,32+,33-,34-,35-,36+/m1/s1. The monoisotopic (exact) mass is 666 g/mol. The summed E-state index contributed by atoms with van der Waals surface area (Å²) in [7, 11) is 0. The number of fused-ring (bicyclic) bond motifs is 7. The number of allylic oxidation sites excluding steroid dienone is 1. The number of carbonyl (C=O) groups is 1. The first-order valence-electron chi connectivity index (χ1n) is 17.7. The van der Waals surface area contributed by atoms with Gasteiger partial charge in [-0.15, -0.1) is 0 Å². The highest BCUT2D eigenvalue weighted by Crippen LogP contribution is 2.75. The number of carbonyl (C=O) groups excluding carboxylic acids is 1. The molecule has 1 saturated heterocycles. The summed E-state index contributed by atoms with van der Waals surface area (Å²) in [6.07, 6.45) is -3.62. The topological polar surface area (TPSA) is 197 Å². The summed E-state index contributed by atoms with van der Waals surface area (Å²) in [5.41, 5.74) is -2.46. The van der Waals surface area contributed by atoms with Gasteiger partial charge in [0.2, 0.25) is 6.29 Å². The van der Waals surface area contributed by atoms with Crippen LogP contribution >= 0.6 is 0 Å². The largest absolute Gasteiger partial charge is 0.432 e. The van der Waals surface area contributed by atoms with Crippen molar-refractivity contribution in [3.05, 3.63) is 11.6 Å². The molecular formula is C36H58O11. The van der Waals surface area contributed by atoms with E-state index in [0.29, 0.717) is 38.5 Å². The molecule has 1 heterocycles. The summed E-state index contributed by atoms with van der Waals surface area (Å²) in [5.74, 6) is -1.08. The molecule has 0 bridgehead atoms. The third kappa shape index (κ3) is 4.67. The Morgan fingerprint density at radius 2 is 1.51 bits per heavy atom. The molecule has 4 saturated carbocycles. The van der Waals surface area contributed by atoms with E-state index in [1.54, 1.807) is 0 Å². The zero-order valence-electron chi connectivity index (χ0n) is 28.8. The Morgan fingerprint density at radius 3 is 2.15 bits per heavy atom. The van der Waals surface area contributed by atoms with Gasteiger partial charge in [-0.1, -0.05) is 53.2 Å². The van der Waals surface area contributed by atoms with E-state index in [2.05, 4.69) is 26.8 Å². The van der Waals surface area contributed by atoms with E-state index >= 15 is 0 Å². The van der Waals surface area contributed by atoms with Crippen molar-refractivity contribution in [1.82, 2.24) is 0 Å². The molecule has 0 unspecified atom stereocenters. The maximum Gasteiger partial charge on any atom is 0.315 e. The highest BCUT2D eigenvalue weighted by molar-refractivity contribution is 5.79. The SMILES string of the molecule is CC1(C)CC[C@]2(C(=O)O[C@@H]3O[C@H](CO)[C@@H](O)[C@H](O)[C@H]3O)CC[C@]3(C)C(=CC[C@@H]4[C@@]5(C)C[C@@H](O)[C@H](O)[C@](C)(CO)[C@H]5CC[C@]43C)[C@H]2[C@@H]1O. The predicted octanol–water partition coefficient (Wildman–Crippen LogP) is 1.41. The second-order valence-corrected chi connectivity index (χ2v) is 17.8. The first-order valence-corrected chi connectivity index (χ1v) is 17.7. The van der Waals surface area contributed by atoms with Gasteiger partial charge in [-0.3, -0.25) is 4.79 Å². The Labute approximate surface area is 278 Å². The zero-order chi connectivity index (χ0) is 34.7. The molecule has 6 aliphatic rings. The Hall–Kier alpha value is -1.15. The van der Waals surface area contributed by atoms with Gasteiger partial charge in [-0.2, -0.15) is 0 Å². The summed E-state index contributed by atoms with van der Waals surface area (Å²) in [6, 6.07) is 0. The molecule has 0 aromatic rings. The fraction of sp³-hybridized carbons (Fsp3) is 0.917. The van der Waals surface area contributed by atoms with Gasteiger partial charge in [0.25, 0.3) is 0 Å². The van der Waals surface area contributed by atoms with Crippen LogP contribution in [0.4, 0.5) is 0 Å². The van der Waals surface area contributed by atoms with Crippen molar-refractivity contribution in [3.8, 4) is 0 Å². The highest BCUT2D eigenvalue weighted by Gasteiger charge is 2.72. The quantitative estimate of drug-likeness (QED) is 0.160. The second kappa shape index (κ2) is 11.4. The Morgan fingerprint density at radius 1 is 0.851 bits per heavy atom. The molecule has 0 aromatic carbocycles. The van der Waals surface area contributed by atoms with Crippen LogP contribution in [-0.2, 0) is 14.3 Å². The van der Waals surface area contributed by atoms with Crippen LogP contribution < -0.4 is 0 Å². The van der Waals surface area contributed by atoms with Crippen molar-refractivity contribution < 1.29 is 55.1 Å². The molecule has 6 rings (SSSR count). The van der Waals surface area contributed by atoms with Crippen LogP contribution in [-0.4, -0.2) is 109 Å². The number of ether oxygens (including phenoxy) is 2. The number of hydrogen-bond acceptors (Lipinski definition) is 11. The highest BCUT2D eigenvalue weighted by atomic mass is 16.7. The van der Waals surface area contributed by atoms with E-state index in [0.717, 1.165) is 18.4 Å². The molecule has 5 fully saturated rings. The molecule has 8 N–H and O–H groups in total. The molecule has 0 amide bonds. The van der Waals surface area contributed by atoms with Crippen molar-refractivity contribution in [2.45, 2.75) is 142 Å². The van der Waals surface area contributed by atoms with Crippen LogP contribution in [0.3, 0.4) is 0 Å². The van der Waals surface area contributed by atoms with Crippen molar-refractivity contribution in [2.24, 2.45) is 50.2 Å². The molecule has 5 aliphatic carbocycles. The maximum atomic E-state index is 14.4. The number of aliphatic hydroxyl groups excluding tert-OH is 8. The van der Waals surface area contributed by atoms with Crippen LogP contribution in [0.5, 0.6) is 0 Å². The summed E-state index contributed by atoms with van der Waals surface area (Å²) in [5, 5.41) is 85.9. The second-order valence-electron chi connectivity index (χ2n) is 17.8. The number of aliphatic hydroxyl groups is 8. The van der Waals surface area contributed by atoms with Crippen LogP contribution in [0.1, 0.15) is 92.9 Å². The van der Waals surface area contributed by atoms with Gasteiger partial charge >= 0.3 is 5.97 Å². The fourth-order valence-electron chi connectivity index (χ4n) is 12.1. The normalized spacial score (nSPS) is 55.4. The van der Waals surface area contributed by atoms with Crippen molar-refractivity contribution in [3.63, 3.8) is 0 Å². The van der Waals surface area contributed by atoms with Crippen molar-refractivity contribution in [1.29, 1.82) is 0 Å². The van der Waals surface area contributed by atoms with Gasteiger partial charge in [-0.05, 0) is 84.9 Å². The van der Waals surface area contributed by atoms with E-state index in [1.807, 2.05) is 20.8 Å². The van der Waals surface area contributed by atoms with Gasteiger partial charge < -0.3 is 50.3 Å². The van der Waals surface area contributed by atoms with E-state index in [9.17, 15) is 45.6 Å². The minimum Gasteiger partial charge on any atom is -0.432 e. The summed E-state index contributed by atoms with van der Waals surface area (Å²) < 4.78 is 11.4. The van der Waals surface area contributed by atoms with Crippen LogP contribution in [0, 0.1) is 50.2 Å². The first kappa shape index (κ1) is 35.7.